The van der Waals surface area contributed by atoms with Crippen LogP contribution in [0.1, 0.15) is 24.8 Å². The van der Waals surface area contributed by atoms with Crippen LogP contribution in [0.5, 0.6) is 0 Å². The van der Waals surface area contributed by atoms with Gasteiger partial charge in [0.2, 0.25) is 0 Å². The van der Waals surface area contributed by atoms with Crippen molar-refractivity contribution in [3.05, 3.63) is 29.8 Å². The lowest BCUT2D eigenvalue weighted by molar-refractivity contribution is -0.123. The number of benzene rings is 1. The molecule has 10 heteroatoms. The van der Waals surface area contributed by atoms with Crippen molar-refractivity contribution >= 4 is 24.7 Å². The Bertz CT molecular complexity index is 688. The number of hydrogen-bond donors (Lipinski definition) is 4. The molecule has 2 heterocycles. The van der Waals surface area contributed by atoms with Crippen LogP contribution in [0, 0.1) is 0 Å². The first-order valence-electron chi connectivity index (χ1n) is 10.3. The third kappa shape index (κ3) is 8.16. The SMILES string of the molecule is CN1CCCN(C)C2(CCN(C(=O)Nc3cccc(CN)c3)CC2)C1.O=CO.O=CO. The van der Waals surface area contributed by atoms with Crippen LogP contribution in [0.2, 0.25) is 0 Å². The van der Waals surface area contributed by atoms with Crippen LogP contribution in [0.15, 0.2) is 24.3 Å². The number of hydrogen-bond acceptors (Lipinski definition) is 6. The maximum Gasteiger partial charge on any atom is 0.321 e. The van der Waals surface area contributed by atoms with Gasteiger partial charge in [0.05, 0.1) is 0 Å². The van der Waals surface area contributed by atoms with Crippen molar-refractivity contribution < 1.29 is 24.6 Å². The van der Waals surface area contributed by atoms with E-state index in [-0.39, 0.29) is 24.5 Å². The van der Waals surface area contributed by atoms with E-state index in [2.05, 4.69) is 29.2 Å². The molecule has 2 saturated heterocycles. The van der Waals surface area contributed by atoms with Gasteiger partial charge in [-0.25, -0.2) is 4.79 Å². The Hall–Kier alpha value is -2.69. The third-order valence-electron chi connectivity index (χ3n) is 5.80. The summed E-state index contributed by atoms with van der Waals surface area (Å²) < 4.78 is 0. The van der Waals surface area contributed by atoms with Crippen molar-refractivity contribution in [1.82, 2.24) is 14.7 Å². The van der Waals surface area contributed by atoms with Gasteiger partial charge in [0, 0.05) is 37.4 Å². The van der Waals surface area contributed by atoms with Gasteiger partial charge in [-0.2, -0.15) is 0 Å². The molecular weight excluding hydrogens is 402 g/mol. The lowest BCUT2D eigenvalue weighted by Gasteiger charge is -2.47. The summed E-state index contributed by atoms with van der Waals surface area (Å²) in [7, 11) is 4.46. The Kier molecular flexibility index (Phi) is 11.5. The van der Waals surface area contributed by atoms with E-state index in [0.29, 0.717) is 6.54 Å². The molecule has 0 bridgehead atoms. The molecule has 0 unspecified atom stereocenters. The van der Waals surface area contributed by atoms with Crippen molar-refractivity contribution in [3.63, 3.8) is 0 Å². The van der Waals surface area contributed by atoms with E-state index in [1.165, 1.54) is 6.42 Å². The number of amides is 2. The summed E-state index contributed by atoms with van der Waals surface area (Å²) in [5.41, 5.74) is 7.73. The van der Waals surface area contributed by atoms with Gasteiger partial charge in [-0.1, -0.05) is 12.1 Å². The highest BCUT2D eigenvalue weighted by Gasteiger charge is 2.40. The van der Waals surface area contributed by atoms with E-state index in [0.717, 1.165) is 56.8 Å². The van der Waals surface area contributed by atoms with E-state index in [1.54, 1.807) is 0 Å². The molecule has 0 atom stereocenters. The standard InChI is InChI=1S/C19H31N5O.2CH2O2/c1-22-9-4-10-23(2)19(15-22)7-11-24(12-8-19)18(25)21-17-6-3-5-16(13-17)14-20;2*2-1-3/h3,5-6,13H,4,7-12,14-15,20H2,1-2H3,(H,21,25);2*1H,(H,2,3). The number of carbonyl (C=O) groups excluding carboxylic acids is 1. The zero-order chi connectivity index (χ0) is 23.3. The topological polar surface area (TPSA) is 139 Å². The summed E-state index contributed by atoms with van der Waals surface area (Å²) in [6, 6.07) is 7.75. The molecular formula is C21H35N5O5. The Morgan fingerprint density at radius 2 is 1.74 bits per heavy atom. The van der Waals surface area contributed by atoms with E-state index in [4.69, 9.17) is 25.5 Å². The molecule has 174 valence electrons. The molecule has 2 aliphatic heterocycles. The second-order valence-electron chi connectivity index (χ2n) is 7.77. The fourth-order valence-electron chi connectivity index (χ4n) is 4.16. The summed E-state index contributed by atoms with van der Waals surface area (Å²) in [5, 5.41) is 16.8. The van der Waals surface area contributed by atoms with Gasteiger partial charge in [0.1, 0.15) is 0 Å². The van der Waals surface area contributed by atoms with Crippen molar-refractivity contribution in [2.24, 2.45) is 5.73 Å². The van der Waals surface area contributed by atoms with Crippen LogP contribution in [0.3, 0.4) is 0 Å². The normalized spacial score (nSPS) is 18.5. The number of anilines is 1. The van der Waals surface area contributed by atoms with Crippen LogP contribution in [0.25, 0.3) is 0 Å². The minimum absolute atomic E-state index is 0.00588. The molecule has 5 N–H and O–H groups in total. The van der Waals surface area contributed by atoms with Crippen molar-refractivity contribution in [1.29, 1.82) is 0 Å². The molecule has 1 aromatic carbocycles. The fraction of sp³-hybridized carbons (Fsp3) is 0.571. The second kappa shape index (κ2) is 13.6. The highest BCUT2D eigenvalue weighted by molar-refractivity contribution is 5.89. The quantitative estimate of drug-likeness (QED) is 0.506. The molecule has 1 aromatic rings. The average Bonchev–Trinajstić information content (AvgIpc) is 2.88. The lowest BCUT2D eigenvalue weighted by atomic mass is 9.85. The van der Waals surface area contributed by atoms with E-state index >= 15 is 0 Å². The smallest absolute Gasteiger partial charge is 0.321 e. The maximum atomic E-state index is 12.6. The van der Waals surface area contributed by atoms with Gasteiger partial charge in [0.15, 0.2) is 0 Å². The van der Waals surface area contributed by atoms with Crippen LogP contribution in [-0.2, 0) is 16.1 Å². The number of carbonyl (C=O) groups is 3. The lowest BCUT2D eigenvalue weighted by Crippen LogP contribution is -2.58. The van der Waals surface area contributed by atoms with Crippen LogP contribution in [-0.4, -0.2) is 96.2 Å². The molecule has 0 radical (unpaired) electrons. The van der Waals surface area contributed by atoms with Crippen LogP contribution >= 0.6 is 0 Å². The Labute approximate surface area is 183 Å². The average molecular weight is 438 g/mol. The summed E-state index contributed by atoms with van der Waals surface area (Å²) in [4.78, 5) is 36.2. The Morgan fingerprint density at radius 3 is 2.32 bits per heavy atom. The summed E-state index contributed by atoms with van der Waals surface area (Å²) in [6.45, 7) is 4.99. The molecule has 1 spiro atoms. The van der Waals surface area contributed by atoms with Crippen molar-refractivity contribution in [2.45, 2.75) is 31.3 Å². The minimum atomic E-state index is -0.250. The number of urea groups is 1. The number of carboxylic acid groups (broad SMARTS) is 2. The van der Waals surface area contributed by atoms with Gasteiger partial charge in [-0.3, -0.25) is 14.5 Å². The predicted octanol–water partition coefficient (Wildman–Crippen LogP) is 1.18. The third-order valence-corrected chi connectivity index (χ3v) is 5.80. The number of nitrogens with two attached hydrogens (primary N) is 1. The highest BCUT2D eigenvalue weighted by Crippen LogP contribution is 2.31. The van der Waals surface area contributed by atoms with Crippen LogP contribution in [0.4, 0.5) is 10.5 Å². The molecule has 10 nitrogen and oxygen atoms in total. The van der Waals surface area contributed by atoms with Crippen molar-refractivity contribution in [3.8, 4) is 0 Å². The largest absolute Gasteiger partial charge is 0.483 e. The molecule has 2 amide bonds. The van der Waals surface area contributed by atoms with Gasteiger partial charge in [-0.05, 0) is 64.1 Å². The molecule has 31 heavy (non-hydrogen) atoms. The zero-order valence-electron chi connectivity index (χ0n) is 18.4. The van der Waals surface area contributed by atoms with Gasteiger partial charge in [-0.15, -0.1) is 0 Å². The van der Waals surface area contributed by atoms with Crippen LogP contribution < -0.4 is 11.1 Å². The number of likely N-dealkylation sites (tertiary alicyclic amines) is 1. The summed E-state index contributed by atoms with van der Waals surface area (Å²) in [5.74, 6) is 0. The van der Waals surface area contributed by atoms with Crippen molar-refractivity contribution in [2.75, 3.05) is 52.1 Å². The first-order chi connectivity index (χ1) is 14.8. The molecule has 0 saturated carbocycles. The molecule has 3 rings (SSSR count). The number of piperidine rings is 1. The summed E-state index contributed by atoms with van der Waals surface area (Å²) >= 11 is 0. The first kappa shape index (κ1) is 26.3. The van der Waals surface area contributed by atoms with Gasteiger partial charge in [0.25, 0.3) is 12.9 Å². The van der Waals surface area contributed by atoms with E-state index in [9.17, 15) is 4.79 Å². The monoisotopic (exact) mass is 437 g/mol. The Balaban J connectivity index is 0.000000720. The Morgan fingerprint density at radius 1 is 1.13 bits per heavy atom. The first-order valence-corrected chi connectivity index (χ1v) is 10.3. The number of likely N-dealkylation sites (N-methyl/N-ethyl adjacent to an activating group) is 2. The number of rotatable bonds is 2. The molecule has 0 aromatic heterocycles. The van der Waals surface area contributed by atoms with E-state index in [1.807, 2.05) is 29.2 Å². The minimum Gasteiger partial charge on any atom is -0.483 e. The number of nitrogens with zero attached hydrogens (tertiary/aromatic N) is 3. The maximum absolute atomic E-state index is 12.6. The number of nitrogens with one attached hydrogen (secondary N) is 1. The predicted molar refractivity (Wildman–Crippen MR) is 119 cm³/mol. The fourth-order valence-corrected chi connectivity index (χ4v) is 4.16. The van der Waals surface area contributed by atoms with E-state index < -0.39 is 0 Å². The van der Waals surface area contributed by atoms with Gasteiger partial charge >= 0.3 is 6.03 Å². The zero-order valence-corrected chi connectivity index (χ0v) is 18.4. The molecule has 2 fully saturated rings. The summed E-state index contributed by atoms with van der Waals surface area (Å²) in [6.07, 6.45) is 3.28. The molecule has 0 aliphatic carbocycles. The highest BCUT2D eigenvalue weighted by atomic mass is 16.3. The molecule has 2 aliphatic rings. The second-order valence-corrected chi connectivity index (χ2v) is 7.77. The van der Waals surface area contributed by atoms with Gasteiger partial charge < -0.3 is 31.1 Å².